The van der Waals surface area contributed by atoms with E-state index >= 15 is 0 Å². The fourth-order valence-electron chi connectivity index (χ4n) is 2.04. The first-order valence-electron chi connectivity index (χ1n) is 6.72. The van der Waals surface area contributed by atoms with E-state index in [0.29, 0.717) is 0 Å². The van der Waals surface area contributed by atoms with Gasteiger partial charge in [-0.05, 0) is 32.4 Å². The Hall–Kier alpha value is -1.31. The Bertz CT molecular complexity index is 711. The summed E-state index contributed by atoms with van der Waals surface area (Å²) in [5.74, 6) is 0. The molecule has 0 fully saturated rings. The lowest BCUT2D eigenvalue weighted by Gasteiger charge is -2.23. The van der Waals surface area contributed by atoms with Gasteiger partial charge in [0.2, 0.25) is 10.0 Å². The molecular weight excluding hydrogens is 306 g/mol. The lowest BCUT2D eigenvalue weighted by atomic mass is 10.2. The quantitative estimate of drug-likeness (QED) is 0.848. The van der Waals surface area contributed by atoms with Gasteiger partial charge in [0.25, 0.3) is 0 Å². The van der Waals surface area contributed by atoms with Gasteiger partial charge >= 0.3 is 0 Å². The minimum Gasteiger partial charge on any atom is -0.263 e. The SMILES string of the molecule is CCc1nc(C)c(C(C)N(C)S(=O)(=O)c2cccnc2)s1. The van der Waals surface area contributed by atoms with E-state index in [-0.39, 0.29) is 10.9 Å². The Morgan fingerprint density at radius 3 is 2.67 bits per heavy atom. The lowest BCUT2D eigenvalue weighted by molar-refractivity contribution is 0.401. The number of sulfonamides is 1. The standard InChI is InChI=1S/C14H19N3O2S2/c1-5-13-16-10(2)14(20-13)11(3)17(4)21(18,19)12-7-6-8-15-9-12/h6-9,11H,5H2,1-4H3. The predicted molar refractivity (Wildman–Crippen MR) is 83.8 cm³/mol. The molecule has 0 bridgehead atoms. The smallest absolute Gasteiger partial charge is 0.244 e. The minimum atomic E-state index is -3.55. The molecule has 0 saturated carbocycles. The molecule has 0 radical (unpaired) electrons. The maximum absolute atomic E-state index is 12.6. The second-order valence-corrected chi connectivity index (χ2v) is 7.91. The Kier molecular flexibility index (Phi) is 4.75. The van der Waals surface area contributed by atoms with Crippen molar-refractivity contribution in [1.29, 1.82) is 0 Å². The van der Waals surface area contributed by atoms with E-state index < -0.39 is 10.0 Å². The van der Waals surface area contributed by atoms with Crippen molar-refractivity contribution < 1.29 is 8.42 Å². The summed E-state index contributed by atoms with van der Waals surface area (Å²) in [6.45, 7) is 5.85. The summed E-state index contributed by atoms with van der Waals surface area (Å²) in [5.41, 5.74) is 0.901. The zero-order valence-electron chi connectivity index (χ0n) is 12.6. The van der Waals surface area contributed by atoms with Crippen LogP contribution in [0.25, 0.3) is 0 Å². The highest BCUT2D eigenvalue weighted by atomic mass is 32.2. The third-order valence-corrected chi connectivity index (χ3v) is 6.80. The van der Waals surface area contributed by atoms with Gasteiger partial charge in [0.05, 0.1) is 16.7 Å². The number of thiazole rings is 1. The molecule has 2 aromatic rings. The van der Waals surface area contributed by atoms with Gasteiger partial charge < -0.3 is 0 Å². The van der Waals surface area contributed by atoms with Gasteiger partial charge in [-0.3, -0.25) is 4.98 Å². The highest BCUT2D eigenvalue weighted by molar-refractivity contribution is 7.89. The van der Waals surface area contributed by atoms with E-state index in [9.17, 15) is 8.42 Å². The maximum Gasteiger partial charge on any atom is 0.244 e. The normalized spacial score (nSPS) is 13.6. The number of nitrogens with zero attached hydrogens (tertiary/aromatic N) is 3. The zero-order chi connectivity index (χ0) is 15.6. The van der Waals surface area contributed by atoms with E-state index in [4.69, 9.17) is 0 Å². The van der Waals surface area contributed by atoms with Gasteiger partial charge in [0.1, 0.15) is 4.90 Å². The zero-order valence-corrected chi connectivity index (χ0v) is 14.2. The highest BCUT2D eigenvalue weighted by Crippen LogP contribution is 2.31. The second kappa shape index (κ2) is 6.21. The first-order valence-corrected chi connectivity index (χ1v) is 8.97. The topological polar surface area (TPSA) is 63.2 Å². The Morgan fingerprint density at radius 2 is 2.14 bits per heavy atom. The number of rotatable bonds is 5. The molecule has 1 unspecified atom stereocenters. The second-order valence-electron chi connectivity index (χ2n) is 4.80. The van der Waals surface area contributed by atoms with Crippen LogP contribution in [-0.2, 0) is 16.4 Å². The van der Waals surface area contributed by atoms with Crippen molar-refractivity contribution in [3.05, 3.63) is 40.1 Å². The fraction of sp³-hybridized carbons (Fsp3) is 0.429. The van der Waals surface area contributed by atoms with Crippen LogP contribution in [0, 0.1) is 6.92 Å². The summed E-state index contributed by atoms with van der Waals surface area (Å²) in [6, 6.07) is 2.93. The molecule has 0 aliphatic heterocycles. The third kappa shape index (κ3) is 3.14. The van der Waals surface area contributed by atoms with Gasteiger partial charge in [-0.2, -0.15) is 4.31 Å². The number of hydrogen-bond acceptors (Lipinski definition) is 5. The molecule has 0 aromatic carbocycles. The number of hydrogen-bond donors (Lipinski definition) is 0. The van der Waals surface area contributed by atoms with Crippen molar-refractivity contribution >= 4 is 21.4 Å². The van der Waals surface area contributed by atoms with Crippen molar-refractivity contribution in [3.63, 3.8) is 0 Å². The first kappa shape index (κ1) is 16.1. The molecule has 0 amide bonds. The molecule has 0 aliphatic carbocycles. The Balaban J connectivity index is 2.34. The van der Waals surface area contributed by atoms with Crippen LogP contribution in [0.5, 0.6) is 0 Å². The summed E-state index contributed by atoms with van der Waals surface area (Å²) >= 11 is 1.57. The third-order valence-electron chi connectivity index (χ3n) is 3.42. The summed E-state index contributed by atoms with van der Waals surface area (Å²) in [7, 11) is -1.96. The van der Waals surface area contributed by atoms with Gasteiger partial charge in [0, 0.05) is 24.3 Å². The minimum absolute atomic E-state index is 0.206. The summed E-state index contributed by atoms with van der Waals surface area (Å²) in [5, 5.41) is 1.03. The molecule has 2 heterocycles. The molecule has 1 atom stereocenters. The van der Waals surface area contributed by atoms with Crippen LogP contribution < -0.4 is 0 Å². The van der Waals surface area contributed by atoms with E-state index in [0.717, 1.165) is 22.0 Å². The van der Waals surface area contributed by atoms with Crippen LogP contribution in [0.4, 0.5) is 0 Å². The number of aryl methyl sites for hydroxylation is 2. The average Bonchev–Trinajstić information content (AvgIpc) is 2.87. The summed E-state index contributed by atoms with van der Waals surface area (Å²) < 4.78 is 26.6. The molecule has 5 nitrogen and oxygen atoms in total. The van der Waals surface area contributed by atoms with E-state index in [1.807, 2.05) is 20.8 Å². The largest absolute Gasteiger partial charge is 0.263 e. The average molecular weight is 325 g/mol. The Labute approximate surface area is 129 Å². The molecule has 0 aliphatic rings. The number of aromatic nitrogens is 2. The van der Waals surface area contributed by atoms with Crippen LogP contribution in [-0.4, -0.2) is 29.7 Å². The van der Waals surface area contributed by atoms with E-state index in [1.165, 1.54) is 10.5 Å². The van der Waals surface area contributed by atoms with Crippen molar-refractivity contribution in [2.75, 3.05) is 7.05 Å². The van der Waals surface area contributed by atoms with Crippen LogP contribution in [0.1, 0.15) is 35.5 Å². The summed E-state index contributed by atoms with van der Waals surface area (Å²) in [4.78, 5) is 9.55. The van der Waals surface area contributed by atoms with Crippen molar-refractivity contribution in [3.8, 4) is 0 Å². The Morgan fingerprint density at radius 1 is 1.43 bits per heavy atom. The van der Waals surface area contributed by atoms with Crippen molar-refractivity contribution in [2.45, 2.75) is 38.1 Å². The molecule has 2 aromatic heterocycles. The van der Waals surface area contributed by atoms with Gasteiger partial charge in [0.15, 0.2) is 0 Å². The van der Waals surface area contributed by atoms with E-state index in [2.05, 4.69) is 9.97 Å². The molecular formula is C14H19N3O2S2. The molecule has 0 spiro atoms. The van der Waals surface area contributed by atoms with Crippen LogP contribution >= 0.6 is 11.3 Å². The van der Waals surface area contributed by atoms with Crippen LogP contribution in [0.3, 0.4) is 0 Å². The monoisotopic (exact) mass is 325 g/mol. The summed E-state index contributed by atoms with van der Waals surface area (Å²) in [6.07, 6.45) is 3.79. The fourth-order valence-corrected chi connectivity index (χ4v) is 4.51. The van der Waals surface area contributed by atoms with Crippen LogP contribution in [0.15, 0.2) is 29.4 Å². The maximum atomic E-state index is 12.6. The molecule has 2 rings (SSSR count). The number of pyridine rings is 1. The predicted octanol–water partition coefficient (Wildman–Crippen LogP) is 2.79. The lowest BCUT2D eigenvalue weighted by Crippen LogP contribution is -2.29. The highest BCUT2D eigenvalue weighted by Gasteiger charge is 2.28. The van der Waals surface area contributed by atoms with Gasteiger partial charge in [-0.15, -0.1) is 11.3 Å². The molecule has 0 saturated heterocycles. The van der Waals surface area contributed by atoms with E-state index in [1.54, 1.807) is 36.7 Å². The van der Waals surface area contributed by atoms with Gasteiger partial charge in [-0.25, -0.2) is 13.4 Å². The molecule has 7 heteroatoms. The van der Waals surface area contributed by atoms with Crippen molar-refractivity contribution in [1.82, 2.24) is 14.3 Å². The molecule has 0 N–H and O–H groups in total. The first-order chi connectivity index (χ1) is 9.87. The molecule has 114 valence electrons. The van der Waals surface area contributed by atoms with Gasteiger partial charge in [-0.1, -0.05) is 6.92 Å². The van der Waals surface area contributed by atoms with Crippen molar-refractivity contribution in [2.24, 2.45) is 0 Å². The van der Waals surface area contributed by atoms with Crippen LogP contribution in [0.2, 0.25) is 0 Å². The molecule has 21 heavy (non-hydrogen) atoms.